The highest BCUT2D eigenvalue weighted by Gasteiger charge is 2.25. The second-order valence-electron chi connectivity index (χ2n) is 10.3. The molecule has 1 fully saturated rings. The van der Waals surface area contributed by atoms with E-state index in [1.807, 2.05) is 38.1 Å². The van der Waals surface area contributed by atoms with Gasteiger partial charge >= 0.3 is 5.97 Å². The van der Waals surface area contributed by atoms with Gasteiger partial charge in [0.1, 0.15) is 17.6 Å². The van der Waals surface area contributed by atoms with Gasteiger partial charge in [-0.25, -0.2) is 0 Å². The smallest absolute Gasteiger partial charge is 0.305 e. The van der Waals surface area contributed by atoms with Crippen LogP contribution < -0.4 is 9.47 Å². The van der Waals surface area contributed by atoms with Gasteiger partial charge in [0.05, 0.1) is 31.8 Å². The SMILES string of the molecule is CCOC(=O)CCCN1CCC(OC(c2ccc(OC)cc2)c2ccc(OC)cc2)CC1.Cc1ccc(S(=O)(=O)O)cc1. The van der Waals surface area contributed by atoms with E-state index in [0.717, 1.165) is 67.1 Å². The molecule has 4 rings (SSSR count). The molecule has 1 N–H and O–H groups in total. The van der Waals surface area contributed by atoms with Crippen molar-refractivity contribution in [2.24, 2.45) is 0 Å². The molecule has 0 spiro atoms. The quantitative estimate of drug-likeness (QED) is 0.198. The van der Waals surface area contributed by atoms with Gasteiger partial charge in [-0.2, -0.15) is 8.42 Å². The van der Waals surface area contributed by atoms with E-state index in [1.165, 1.54) is 12.1 Å². The third-order valence-electron chi connectivity index (χ3n) is 7.18. The topological polar surface area (TPSA) is 112 Å². The second-order valence-corrected chi connectivity index (χ2v) is 11.7. The first-order chi connectivity index (χ1) is 20.6. The van der Waals surface area contributed by atoms with Crippen molar-refractivity contribution in [1.82, 2.24) is 4.90 Å². The van der Waals surface area contributed by atoms with Crippen LogP contribution in [0.25, 0.3) is 0 Å². The fourth-order valence-corrected chi connectivity index (χ4v) is 5.24. The fraction of sp³-hybridized carbons (Fsp3) is 0.424. The molecule has 0 saturated carbocycles. The Morgan fingerprint density at radius 1 is 0.884 bits per heavy atom. The maximum absolute atomic E-state index is 11.5. The number of aryl methyl sites for hydroxylation is 1. The van der Waals surface area contributed by atoms with Gasteiger partial charge in [0.15, 0.2) is 0 Å². The molecule has 3 aromatic carbocycles. The molecule has 1 saturated heterocycles. The van der Waals surface area contributed by atoms with E-state index >= 15 is 0 Å². The van der Waals surface area contributed by atoms with Crippen molar-refractivity contribution in [3.05, 3.63) is 89.5 Å². The molecule has 0 aromatic heterocycles. The maximum atomic E-state index is 11.5. The van der Waals surface area contributed by atoms with Crippen molar-refractivity contribution in [2.75, 3.05) is 40.5 Å². The molecule has 0 radical (unpaired) electrons. The lowest BCUT2D eigenvalue weighted by Gasteiger charge is -2.34. The zero-order valence-corrected chi connectivity index (χ0v) is 26.2. The molecule has 1 heterocycles. The summed E-state index contributed by atoms with van der Waals surface area (Å²) in [4.78, 5) is 13.9. The van der Waals surface area contributed by atoms with Crippen LogP contribution in [0.2, 0.25) is 0 Å². The Hall–Kier alpha value is -3.44. The number of rotatable bonds is 12. The van der Waals surface area contributed by atoms with Crippen LogP contribution in [0.4, 0.5) is 0 Å². The molecule has 0 bridgehead atoms. The predicted octanol–water partition coefficient (Wildman–Crippen LogP) is 5.86. The van der Waals surface area contributed by atoms with E-state index in [1.54, 1.807) is 26.4 Å². The van der Waals surface area contributed by atoms with E-state index < -0.39 is 10.1 Å². The number of methoxy groups -OCH3 is 2. The largest absolute Gasteiger partial charge is 0.497 e. The molecule has 9 nitrogen and oxygen atoms in total. The normalized spacial score (nSPS) is 14.1. The number of carbonyl (C=O) groups is 1. The lowest BCUT2D eigenvalue weighted by Crippen LogP contribution is -2.38. The maximum Gasteiger partial charge on any atom is 0.305 e. The summed E-state index contributed by atoms with van der Waals surface area (Å²) in [6.45, 7) is 7.01. The number of esters is 1. The van der Waals surface area contributed by atoms with Crippen LogP contribution in [0, 0.1) is 6.92 Å². The van der Waals surface area contributed by atoms with Crippen LogP contribution in [0.3, 0.4) is 0 Å². The molecule has 234 valence electrons. The molecule has 0 atom stereocenters. The lowest BCUT2D eigenvalue weighted by atomic mass is 9.99. The summed E-state index contributed by atoms with van der Waals surface area (Å²) < 4.78 is 51.8. The molecule has 1 aliphatic heterocycles. The fourth-order valence-electron chi connectivity index (χ4n) is 4.76. The minimum atomic E-state index is -4.02. The molecular formula is C33H43NO8S. The van der Waals surface area contributed by atoms with E-state index in [4.69, 9.17) is 23.5 Å². The first-order valence-electron chi connectivity index (χ1n) is 14.5. The molecule has 43 heavy (non-hydrogen) atoms. The molecule has 1 aliphatic rings. The third kappa shape index (κ3) is 11.3. The Bertz CT molecular complexity index is 1300. The van der Waals surface area contributed by atoms with E-state index in [-0.39, 0.29) is 23.1 Å². The Morgan fingerprint density at radius 2 is 1.40 bits per heavy atom. The Balaban J connectivity index is 0.000000386. The number of piperidine rings is 1. The highest BCUT2D eigenvalue weighted by molar-refractivity contribution is 7.85. The van der Waals surface area contributed by atoms with Gasteiger partial charge in [0, 0.05) is 19.5 Å². The first kappa shape index (κ1) is 34.1. The van der Waals surface area contributed by atoms with Crippen LogP contribution in [0.15, 0.2) is 77.7 Å². The summed E-state index contributed by atoms with van der Waals surface area (Å²) in [7, 11) is -0.672. The van der Waals surface area contributed by atoms with Gasteiger partial charge < -0.3 is 23.8 Å². The van der Waals surface area contributed by atoms with E-state index in [2.05, 4.69) is 29.2 Å². The van der Waals surface area contributed by atoms with Crippen LogP contribution >= 0.6 is 0 Å². The molecular weight excluding hydrogens is 570 g/mol. The monoisotopic (exact) mass is 613 g/mol. The predicted molar refractivity (Wildman–Crippen MR) is 165 cm³/mol. The Kier molecular flexibility index (Phi) is 13.5. The highest BCUT2D eigenvalue weighted by atomic mass is 32.2. The number of carbonyl (C=O) groups excluding carboxylic acids is 1. The van der Waals surface area contributed by atoms with Crippen LogP contribution in [0.5, 0.6) is 11.5 Å². The minimum Gasteiger partial charge on any atom is -0.497 e. The average Bonchev–Trinajstić information content (AvgIpc) is 3.01. The molecule has 10 heteroatoms. The Morgan fingerprint density at radius 3 is 1.84 bits per heavy atom. The summed E-state index contributed by atoms with van der Waals surface area (Å²) in [6.07, 6.45) is 3.31. The molecule has 0 unspecified atom stereocenters. The van der Waals surface area contributed by atoms with E-state index in [9.17, 15) is 13.2 Å². The summed E-state index contributed by atoms with van der Waals surface area (Å²) in [5.74, 6) is 1.56. The van der Waals surface area contributed by atoms with Crippen LogP contribution in [-0.4, -0.2) is 70.4 Å². The van der Waals surface area contributed by atoms with Crippen molar-refractivity contribution in [3.8, 4) is 11.5 Å². The number of likely N-dealkylation sites (tertiary alicyclic amines) is 1. The molecule has 0 amide bonds. The number of benzene rings is 3. The van der Waals surface area contributed by atoms with Gasteiger partial charge in [0.2, 0.25) is 0 Å². The Labute approximate surface area is 255 Å². The number of hydrogen-bond acceptors (Lipinski definition) is 8. The van der Waals surface area contributed by atoms with Gasteiger partial charge in [-0.3, -0.25) is 9.35 Å². The minimum absolute atomic E-state index is 0.0666. The summed E-state index contributed by atoms with van der Waals surface area (Å²) in [5, 5.41) is 0. The summed E-state index contributed by atoms with van der Waals surface area (Å²) in [6, 6.07) is 22.2. The number of nitrogens with zero attached hydrogens (tertiary/aromatic N) is 1. The average molecular weight is 614 g/mol. The zero-order valence-electron chi connectivity index (χ0n) is 25.4. The van der Waals surface area contributed by atoms with Gasteiger partial charge in [-0.05, 0) is 87.2 Å². The summed E-state index contributed by atoms with van der Waals surface area (Å²) in [5.41, 5.74) is 3.16. The van der Waals surface area contributed by atoms with E-state index in [0.29, 0.717) is 13.0 Å². The number of ether oxygens (including phenoxy) is 4. The van der Waals surface area contributed by atoms with Crippen molar-refractivity contribution >= 4 is 16.1 Å². The molecule has 0 aliphatic carbocycles. The first-order valence-corrected chi connectivity index (χ1v) is 15.9. The van der Waals surface area contributed by atoms with Crippen LogP contribution in [-0.2, 0) is 24.4 Å². The van der Waals surface area contributed by atoms with Gasteiger partial charge in [-0.15, -0.1) is 0 Å². The van der Waals surface area contributed by atoms with Crippen LogP contribution in [0.1, 0.15) is 55.4 Å². The van der Waals surface area contributed by atoms with Crippen molar-refractivity contribution in [2.45, 2.75) is 56.6 Å². The van der Waals surface area contributed by atoms with Crippen molar-refractivity contribution < 1.29 is 36.7 Å². The van der Waals surface area contributed by atoms with Crippen molar-refractivity contribution in [1.29, 1.82) is 0 Å². The third-order valence-corrected chi connectivity index (χ3v) is 8.05. The zero-order chi connectivity index (χ0) is 31.2. The van der Waals surface area contributed by atoms with Gasteiger partial charge in [-0.1, -0.05) is 42.0 Å². The molecule has 3 aromatic rings. The summed E-state index contributed by atoms with van der Waals surface area (Å²) >= 11 is 0. The number of hydrogen-bond donors (Lipinski definition) is 1. The standard InChI is InChI=1S/C26H35NO5.C7H8O3S/c1-4-31-25(28)6-5-17-27-18-15-24(16-19-27)32-26(20-7-11-22(29-2)12-8-20)21-9-13-23(30-3)14-10-21;1-6-2-4-7(5-3-6)11(8,9)10/h7-14,24,26H,4-6,15-19H2,1-3H3;2-5H,1H3,(H,8,9,10). The van der Waals surface area contributed by atoms with Gasteiger partial charge in [0.25, 0.3) is 10.1 Å². The highest BCUT2D eigenvalue weighted by Crippen LogP contribution is 2.32. The second kappa shape index (κ2) is 17.0. The van der Waals surface area contributed by atoms with Crippen molar-refractivity contribution in [3.63, 3.8) is 0 Å². The lowest BCUT2D eigenvalue weighted by molar-refractivity contribution is -0.143.